The van der Waals surface area contributed by atoms with E-state index in [1.807, 2.05) is 28.1 Å². The van der Waals surface area contributed by atoms with Gasteiger partial charge in [-0.2, -0.15) is 0 Å². The molecule has 0 aliphatic carbocycles. The molecule has 2 aliphatic rings. The Morgan fingerprint density at radius 3 is 2.83 bits per heavy atom. The molecule has 126 valence electrons. The molecular weight excluding hydrogens is 296 g/mol. The molecule has 3 heterocycles. The number of pyridine rings is 1. The van der Waals surface area contributed by atoms with Crippen LogP contribution in [0.15, 0.2) is 18.3 Å². The summed E-state index contributed by atoms with van der Waals surface area (Å²) in [5.74, 6) is 0.633. The van der Waals surface area contributed by atoms with Gasteiger partial charge in [-0.3, -0.25) is 4.90 Å². The summed E-state index contributed by atoms with van der Waals surface area (Å²) in [6.45, 7) is 5.50. The second-order valence-electron chi connectivity index (χ2n) is 6.01. The number of carbonyl (C=O) groups excluding carboxylic acids is 1. The highest BCUT2D eigenvalue weighted by Crippen LogP contribution is 2.21. The van der Waals surface area contributed by atoms with Crippen LogP contribution in [0.3, 0.4) is 0 Å². The SMILES string of the molecule is COCCN1C[C@H]2CN(Cc3ccc(OC)nc3)CCN2C1=O. The monoisotopic (exact) mass is 320 g/mol. The summed E-state index contributed by atoms with van der Waals surface area (Å²) >= 11 is 0. The van der Waals surface area contributed by atoms with E-state index < -0.39 is 0 Å². The molecule has 1 aromatic heterocycles. The van der Waals surface area contributed by atoms with E-state index in [1.54, 1.807) is 14.2 Å². The first kappa shape index (κ1) is 16.0. The van der Waals surface area contributed by atoms with Crippen LogP contribution in [0.5, 0.6) is 5.88 Å². The van der Waals surface area contributed by atoms with E-state index in [1.165, 1.54) is 5.56 Å². The van der Waals surface area contributed by atoms with Crippen LogP contribution in [0.4, 0.5) is 4.79 Å². The maximum absolute atomic E-state index is 12.3. The highest BCUT2D eigenvalue weighted by molar-refractivity contribution is 5.77. The van der Waals surface area contributed by atoms with E-state index in [-0.39, 0.29) is 12.1 Å². The van der Waals surface area contributed by atoms with Crippen LogP contribution < -0.4 is 4.74 Å². The van der Waals surface area contributed by atoms with Gasteiger partial charge in [0.1, 0.15) is 0 Å². The lowest BCUT2D eigenvalue weighted by Gasteiger charge is -2.36. The average Bonchev–Trinajstić information content (AvgIpc) is 2.89. The van der Waals surface area contributed by atoms with Crippen molar-refractivity contribution < 1.29 is 14.3 Å². The van der Waals surface area contributed by atoms with Crippen LogP contribution in [-0.2, 0) is 11.3 Å². The second kappa shape index (κ2) is 7.14. The first-order valence-electron chi connectivity index (χ1n) is 7.97. The molecule has 2 aliphatic heterocycles. The van der Waals surface area contributed by atoms with Gasteiger partial charge in [-0.25, -0.2) is 9.78 Å². The molecule has 0 saturated carbocycles. The summed E-state index contributed by atoms with van der Waals surface area (Å²) in [4.78, 5) is 22.9. The van der Waals surface area contributed by atoms with Gasteiger partial charge in [0.05, 0.1) is 19.8 Å². The number of nitrogens with zero attached hydrogens (tertiary/aromatic N) is 4. The number of carbonyl (C=O) groups is 1. The van der Waals surface area contributed by atoms with Gasteiger partial charge >= 0.3 is 6.03 Å². The molecule has 1 atom stereocenters. The molecule has 0 spiro atoms. The van der Waals surface area contributed by atoms with E-state index in [2.05, 4.69) is 9.88 Å². The normalized spacial score (nSPS) is 21.7. The molecule has 0 radical (unpaired) electrons. The minimum absolute atomic E-state index is 0.151. The number of urea groups is 1. The zero-order valence-electron chi connectivity index (χ0n) is 13.8. The number of fused-ring (bicyclic) bond motifs is 1. The third kappa shape index (κ3) is 3.56. The molecule has 2 amide bonds. The standard InChI is InChI=1S/C16H24N4O3/c1-22-8-7-19-12-14-11-18(5-6-20(14)16(19)21)10-13-3-4-15(23-2)17-9-13/h3-4,9,14H,5-8,10-12H2,1-2H3/t14-/m1/s1. The summed E-state index contributed by atoms with van der Waals surface area (Å²) in [5, 5.41) is 0. The third-order valence-electron chi connectivity index (χ3n) is 4.49. The molecule has 0 unspecified atom stereocenters. The molecular formula is C16H24N4O3. The van der Waals surface area contributed by atoms with Crippen molar-refractivity contribution in [3.63, 3.8) is 0 Å². The quantitative estimate of drug-likeness (QED) is 0.771. The summed E-state index contributed by atoms with van der Waals surface area (Å²) in [6.07, 6.45) is 1.86. The molecule has 23 heavy (non-hydrogen) atoms. The molecule has 0 N–H and O–H groups in total. The third-order valence-corrected chi connectivity index (χ3v) is 4.49. The van der Waals surface area contributed by atoms with Crippen molar-refractivity contribution in [2.45, 2.75) is 12.6 Å². The number of piperazine rings is 1. The van der Waals surface area contributed by atoms with Crippen molar-refractivity contribution in [1.29, 1.82) is 0 Å². The van der Waals surface area contributed by atoms with E-state index in [0.29, 0.717) is 19.0 Å². The Balaban J connectivity index is 1.56. The lowest BCUT2D eigenvalue weighted by atomic mass is 10.1. The second-order valence-corrected chi connectivity index (χ2v) is 6.01. The van der Waals surface area contributed by atoms with Crippen LogP contribution in [0, 0.1) is 0 Å². The number of hydrogen-bond donors (Lipinski definition) is 0. The average molecular weight is 320 g/mol. The van der Waals surface area contributed by atoms with E-state index in [9.17, 15) is 4.79 Å². The van der Waals surface area contributed by atoms with Crippen LogP contribution in [0.2, 0.25) is 0 Å². The number of methoxy groups -OCH3 is 2. The number of ether oxygens (including phenoxy) is 2. The Kier molecular flexibility index (Phi) is 4.97. The summed E-state index contributed by atoms with van der Waals surface area (Å²) in [6, 6.07) is 4.36. The summed E-state index contributed by atoms with van der Waals surface area (Å²) in [5.41, 5.74) is 1.17. The maximum Gasteiger partial charge on any atom is 0.320 e. The number of amides is 2. The molecule has 0 bridgehead atoms. The Hall–Kier alpha value is -1.86. The van der Waals surface area contributed by atoms with Crippen molar-refractivity contribution in [2.24, 2.45) is 0 Å². The van der Waals surface area contributed by atoms with Gasteiger partial charge in [0.2, 0.25) is 5.88 Å². The van der Waals surface area contributed by atoms with Crippen LogP contribution >= 0.6 is 0 Å². The Morgan fingerprint density at radius 1 is 1.26 bits per heavy atom. The van der Waals surface area contributed by atoms with E-state index >= 15 is 0 Å². The van der Waals surface area contributed by atoms with Crippen molar-refractivity contribution in [3.8, 4) is 5.88 Å². The number of rotatable bonds is 6. The molecule has 0 aromatic carbocycles. The zero-order valence-corrected chi connectivity index (χ0v) is 13.8. The van der Waals surface area contributed by atoms with Gasteiger partial charge in [0.15, 0.2) is 0 Å². The lowest BCUT2D eigenvalue weighted by Crippen LogP contribution is -2.51. The summed E-state index contributed by atoms with van der Waals surface area (Å²) in [7, 11) is 3.28. The van der Waals surface area contributed by atoms with E-state index in [4.69, 9.17) is 9.47 Å². The largest absolute Gasteiger partial charge is 0.481 e. The highest BCUT2D eigenvalue weighted by Gasteiger charge is 2.40. The fraction of sp³-hybridized carbons (Fsp3) is 0.625. The molecule has 1 aromatic rings. The van der Waals surface area contributed by atoms with Gasteiger partial charge in [-0.05, 0) is 5.56 Å². The highest BCUT2D eigenvalue weighted by atomic mass is 16.5. The molecule has 2 fully saturated rings. The Bertz CT molecular complexity index is 537. The van der Waals surface area contributed by atoms with Crippen molar-refractivity contribution >= 4 is 6.03 Å². The molecule has 7 heteroatoms. The minimum Gasteiger partial charge on any atom is -0.481 e. The molecule has 2 saturated heterocycles. The maximum atomic E-state index is 12.3. The first-order valence-corrected chi connectivity index (χ1v) is 7.97. The predicted molar refractivity (Wildman–Crippen MR) is 85.4 cm³/mol. The molecule has 7 nitrogen and oxygen atoms in total. The zero-order chi connectivity index (χ0) is 16.2. The fourth-order valence-corrected chi connectivity index (χ4v) is 3.26. The fourth-order valence-electron chi connectivity index (χ4n) is 3.26. The van der Waals surface area contributed by atoms with Crippen molar-refractivity contribution in [3.05, 3.63) is 23.9 Å². The van der Waals surface area contributed by atoms with E-state index in [0.717, 1.165) is 32.7 Å². The number of hydrogen-bond acceptors (Lipinski definition) is 5. The Labute approximate surface area is 136 Å². The Morgan fingerprint density at radius 2 is 2.13 bits per heavy atom. The topological polar surface area (TPSA) is 58.1 Å². The van der Waals surface area contributed by atoms with Crippen molar-refractivity contribution in [1.82, 2.24) is 19.7 Å². The van der Waals surface area contributed by atoms with Crippen molar-refractivity contribution in [2.75, 3.05) is 53.6 Å². The van der Waals surface area contributed by atoms with Crippen LogP contribution in [0.25, 0.3) is 0 Å². The minimum atomic E-state index is 0.151. The van der Waals surface area contributed by atoms with Gasteiger partial charge in [0.25, 0.3) is 0 Å². The van der Waals surface area contributed by atoms with Crippen LogP contribution in [0.1, 0.15) is 5.56 Å². The van der Waals surface area contributed by atoms with Gasteiger partial charge in [-0.1, -0.05) is 6.07 Å². The summed E-state index contributed by atoms with van der Waals surface area (Å²) < 4.78 is 10.2. The first-order chi connectivity index (χ1) is 11.2. The molecule has 3 rings (SSSR count). The van der Waals surface area contributed by atoms with Crippen LogP contribution in [-0.4, -0.2) is 85.3 Å². The van der Waals surface area contributed by atoms with Gasteiger partial charge in [-0.15, -0.1) is 0 Å². The smallest absolute Gasteiger partial charge is 0.320 e. The predicted octanol–water partition coefficient (Wildman–Crippen LogP) is 0.658. The van der Waals surface area contributed by atoms with Gasteiger partial charge < -0.3 is 19.3 Å². The number of aromatic nitrogens is 1. The van der Waals surface area contributed by atoms with Gasteiger partial charge in [0, 0.05) is 58.6 Å². The lowest BCUT2D eigenvalue weighted by molar-refractivity contribution is 0.116.